The zero-order chi connectivity index (χ0) is 21.5. The molecule has 0 unspecified atom stereocenters. The molecule has 0 saturated heterocycles. The molecule has 4 aromatic rings. The Bertz CT molecular complexity index is 1470. The molecule has 0 saturated carbocycles. The van der Waals surface area contributed by atoms with Gasteiger partial charge in [0.15, 0.2) is 4.77 Å². The van der Waals surface area contributed by atoms with Crippen LogP contribution in [0.3, 0.4) is 0 Å². The molecule has 7 heteroatoms. The number of nitrogens with one attached hydrogen (secondary N) is 2. The van der Waals surface area contributed by atoms with Crippen LogP contribution in [0.2, 0.25) is 0 Å². The number of halogens is 1. The highest BCUT2D eigenvalue weighted by molar-refractivity contribution is 7.71. The highest BCUT2D eigenvalue weighted by atomic mass is 32.1. The largest absolute Gasteiger partial charge is 0.331 e. The van der Waals surface area contributed by atoms with E-state index in [1.807, 2.05) is 12.1 Å². The summed E-state index contributed by atoms with van der Waals surface area (Å²) >= 11 is 5.31. The number of aromatic nitrogens is 2. The molecular formula is C24H18FN3O2S. The second-order valence-corrected chi connectivity index (χ2v) is 7.96. The minimum Gasteiger partial charge on any atom is -0.331 e. The number of amides is 1. The topological polar surface area (TPSA) is 66.9 Å². The fraction of sp³-hybridized carbons (Fsp3) is 0.125. The van der Waals surface area contributed by atoms with Crippen molar-refractivity contribution in [2.75, 3.05) is 5.32 Å². The van der Waals surface area contributed by atoms with Crippen LogP contribution in [0.5, 0.6) is 0 Å². The Morgan fingerprint density at radius 1 is 1.03 bits per heavy atom. The van der Waals surface area contributed by atoms with Gasteiger partial charge in [-0.1, -0.05) is 18.2 Å². The van der Waals surface area contributed by atoms with Crippen molar-refractivity contribution in [2.45, 2.75) is 19.3 Å². The number of nitrogens with zero attached hydrogens (tertiary/aromatic N) is 1. The van der Waals surface area contributed by atoms with E-state index >= 15 is 0 Å². The van der Waals surface area contributed by atoms with Crippen molar-refractivity contribution in [1.82, 2.24) is 9.55 Å². The fourth-order valence-corrected chi connectivity index (χ4v) is 4.36. The van der Waals surface area contributed by atoms with Gasteiger partial charge >= 0.3 is 0 Å². The van der Waals surface area contributed by atoms with Crippen molar-refractivity contribution < 1.29 is 9.18 Å². The normalized spacial score (nSPS) is 12.7. The summed E-state index contributed by atoms with van der Waals surface area (Å²) in [5.41, 5.74) is 3.79. The molecule has 3 aromatic carbocycles. The maximum absolute atomic E-state index is 14.2. The van der Waals surface area contributed by atoms with Crippen molar-refractivity contribution in [3.8, 4) is 5.69 Å². The van der Waals surface area contributed by atoms with Crippen LogP contribution in [0.15, 0.2) is 65.5 Å². The summed E-state index contributed by atoms with van der Waals surface area (Å²) in [6.07, 6.45) is 3.25. The number of benzene rings is 3. The molecule has 154 valence electrons. The summed E-state index contributed by atoms with van der Waals surface area (Å²) in [6, 6.07) is 16.6. The Labute approximate surface area is 182 Å². The monoisotopic (exact) mass is 431 g/mol. The fourth-order valence-electron chi connectivity index (χ4n) is 4.06. The molecule has 0 bridgehead atoms. The van der Waals surface area contributed by atoms with E-state index in [0.717, 1.165) is 29.5 Å². The lowest BCUT2D eigenvalue weighted by atomic mass is 10.1. The molecule has 5 rings (SSSR count). The van der Waals surface area contributed by atoms with Crippen molar-refractivity contribution >= 4 is 34.7 Å². The zero-order valence-electron chi connectivity index (χ0n) is 16.4. The number of carbonyl (C=O) groups excluding carboxylic acids is 1. The molecular weight excluding hydrogens is 413 g/mol. The minimum absolute atomic E-state index is 0.0544. The maximum Gasteiger partial charge on any atom is 0.266 e. The molecule has 2 N–H and O–H groups in total. The average Bonchev–Trinajstić information content (AvgIpc) is 3.22. The van der Waals surface area contributed by atoms with Gasteiger partial charge in [0.25, 0.3) is 11.5 Å². The summed E-state index contributed by atoms with van der Waals surface area (Å²) in [5.74, 6) is -0.828. The summed E-state index contributed by atoms with van der Waals surface area (Å²) < 4.78 is 15.4. The van der Waals surface area contributed by atoms with E-state index in [-0.39, 0.29) is 16.4 Å². The second-order valence-electron chi connectivity index (χ2n) is 7.57. The third-order valence-electron chi connectivity index (χ3n) is 5.61. The molecule has 1 amide bonds. The number of aromatic amines is 1. The first-order chi connectivity index (χ1) is 15.0. The molecule has 0 aliphatic heterocycles. The summed E-state index contributed by atoms with van der Waals surface area (Å²) in [4.78, 5) is 28.7. The molecule has 0 spiro atoms. The van der Waals surface area contributed by atoms with Crippen molar-refractivity contribution in [3.05, 3.63) is 98.3 Å². The maximum atomic E-state index is 14.2. The quantitative estimate of drug-likeness (QED) is 0.452. The Morgan fingerprint density at radius 3 is 2.68 bits per heavy atom. The zero-order valence-corrected chi connectivity index (χ0v) is 17.3. The average molecular weight is 431 g/mol. The van der Waals surface area contributed by atoms with E-state index in [0.29, 0.717) is 16.5 Å². The highest BCUT2D eigenvalue weighted by Gasteiger charge is 2.15. The van der Waals surface area contributed by atoms with E-state index in [2.05, 4.69) is 16.4 Å². The van der Waals surface area contributed by atoms with Crippen LogP contribution in [0, 0.1) is 10.6 Å². The molecule has 31 heavy (non-hydrogen) atoms. The standard InChI is InChI=1S/C24H18FN3O2S/c25-19-6-1-2-7-21(19)28-23(30)18-11-9-16(13-20(18)27-24(28)31)22(29)26-17-10-8-14-4-3-5-15(14)12-17/h1-2,6-13H,3-5H2,(H,26,29)(H,27,31). The van der Waals surface area contributed by atoms with Crippen molar-refractivity contribution in [2.24, 2.45) is 0 Å². The van der Waals surface area contributed by atoms with Gasteiger partial charge in [-0.2, -0.15) is 0 Å². The van der Waals surface area contributed by atoms with E-state index in [1.54, 1.807) is 30.3 Å². The van der Waals surface area contributed by atoms with Gasteiger partial charge in [0.05, 0.1) is 16.6 Å². The molecule has 1 aromatic heterocycles. The van der Waals surface area contributed by atoms with Gasteiger partial charge in [0, 0.05) is 11.3 Å². The van der Waals surface area contributed by atoms with Gasteiger partial charge in [0.1, 0.15) is 5.82 Å². The van der Waals surface area contributed by atoms with Gasteiger partial charge < -0.3 is 10.3 Å². The van der Waals surface area contributed by atoms with Crippen LogP contribution >= 0.6 is 12.2 Å². The van der Waals surface area contributed by atoms with Crippen LogP contribution in [-0.4, -0.2) is 15.5 Å². The van der Waals surface area contributed by atoms with Crippen LogP contribution in [0.4, 0.5) is 10.1 Å². The predicted octanol–water partition coefficient (Wildman–Crippen LogP) is 4.93. The second kappa shape index (κ2) is 7.59. The first kappa shape index (κ1) is 19.4. The minimum atomic E-state index is -0.547. The number of H-pyrrole nitrogens is 1. The number of fused-ring (bicyclic) bond motifs is 2. The van der Waals surface area contributed by atoms with Crippen molar-refractivity contribution in [3.63, 3.8) is 0 Å². The molecule has 1 aliphatic carbocycles. The molecule has 0 atom stereocenters. The lowest BCUT2D eigenvalue weighted by Crippen LogP contribution is -2.22. The van der Waals surface area contributed by atoms with E-state index < -0.39 is 11.4 Å². The smallest absolute Gasteiger partial charge is 0.266 e. The predicted molar refractivity (Wildman–Crippen MR) is 121 cm³/mol. The summed E-state index contributed by atoms with van der Waals surface area (Å²) in [5, 5.41) is 3.23. The summed E-state index contributed by atoms with van der Waals surface area (Å²) in [6.45, 7) is 0. The first-order valence-corrected chi connectivity index (χ1v) is 10.4. The van der Waals surface area contributed by atoms with Gasteiger partial charge in [-0.05, 0) is 85.1 Å². The van der Waals surface area contributed by atoms with Crippen molar-refractivity contribution in [1.29, 1.82) is 0 Å². The van der Waals surface area contributed by atoms with E-state index in [4.69, 9.17) is 12.2 Å². The Hall–Kier alpha value is -3.58. The third kappa shape index (κ3) is 3.47. The Morgan fingerprint density at radius 2 is 1.84 bits per heavy atom. The Kier molecular flexibility index (Phi) is 4.75. The number of anilines is 1. The lowest BCUT2D eigenvalue weighted by molar-refractivity contribution is 0.102. The molecule has 5 nitrogen and oxygen atoms in total. The first-order valence-electron chi connectivity index (χ1n) is 9.98. The van der Waals surface area contributed by atoms with Crippen LogP contribution in [0.1, 0.15) is 27.9 Å². The van der Waals surface area contributed by atoms with Crippen LogP contribution in [0.25, 0.3) is 16.6 Å². The van der Waals surface area contributed by atoms with Gasteiger partial charge in [-0.25, -0.2) is 8.96 Å². The number of hydrogen-bond donors (Lipinski definition) is 2. The number of carbonyl (C=O) groups is 1. The number of aryl methyl sites for hydroxylation is 2. The number of rotatable bonds is 3. The Balaban J connectivity index is 1.51. The molecule has 0 radical (unpaired) electrons. The van der Waals surface area contributed by atoms with Gasteiger partial charge in [0.2, 0.25) is 0 Å². The third-order valence-corrected chi connectivity index (χ3v) is 5.89. The number of para-hydroxylation sites is 1. The van der Waals surface area contributed by atoms with E-state index in [1.165, 1.54) is 23.3 Å². The van der Waals surface area contributed by atoms with Gasteiger partial charge in [-0.3, -0.25) is 9.59 Å². The van der Waals surface area contributed by atoms with Gasteiger partial charge in [-0.15, -0.1) is 0 Å². The van der Waals surface area contributed by atoms with E-state index in [9.17, 15) is 14.0 Å². The highest BCUT2D eigenvalue weighted by Crippen LogP contribution is 2.25. The molecule has 0 fully saturated rings. The molecule has 1 heterocycles. The van der Waals surface area contributed by atoms with Crippen LogP contribution < -0.4 is 10.9 Å². The number of hydrogen-bond acceptors (Lipinski definition) is 3. The SMILES string of the molecule is O=C(Nc1ccc2c(c1)CCC2)c1ccc2c(=O)n(-c3ccccc3F)c(=S)[nH]c2c1. The molecule has 1 aliphatic rings. The lowest BCUT2D eigenvalue weighted by Gasteiger charge is -2.11. The summed E-state index contributed by atoms with van der Waals surface area (Å²) in [7, 11) is 0. The van der Waals surface area contributed by atoms with Crippen LogP contribution in [-0.2, 0) is 12.8 Å².